The Morgan fingerprint density at radius 1 is 1.26 bits per heavy atom. The van der Waals surface area contributed by atoms with Crippen LogP contribution in [0.15, 0.2) is 4.79 Å². The third-order valence-corrected chi connectivity index (χ3v) is 4.34. The van der Waals surface area contributed by atoms with Crippen molar-refractivity contribution in [3.8, 4) is 0 Å². The highest BCUT2D eigenvalue weighted by Crippen LogP contribution is 2.17. The molecular weight excluding hydrogens is 242 g/mol. The molecule has 4 heteroatoms. The van der Waals surface area contributed by atoms with E-state index in [9.17, 15) is 15.0 Å². The third kappa shape index (κ3) is 1.95. The van der Waals surface area contributed by atoms with Gasteiger partial charge in [0, 0.05) is 23.9 Å². The van der Waals surface area contributed by atoms with Crippen LogP contribution in [0.3, 0.4) is 0 Å². The molecule has 1 atom stereocenters. The molecule has 2 aliphatic carbocycles. The number of hydrogen-bond donors (Lipinski definition) is 2. The van der Waals surface area contributed by atoms with Gasteiger partial charge in [-0.25, -0.2) is 0 Å². The van der Waals surface area contributed by atoms with Crippen molar-refractivity contribution in [3.05, 3.63) is 32.0 Å². The maximum atomic E-state index is 12.3. The Balaban J connectivity index is 2.35. The minimum Gasteiger partial charge on any atom is -0.368 e. The van der Waals surface area contributed by atoms with E-state index in [0.29, 0.717) is 6.42 Å². The minimum atomic E-state index is -1.33. The zero-order valence-electron chi connectivity index (χ0n) is 11.1. The van der Waals surface area contributed by atoms with Gasteiger partial charge in [-0.05, 0) is 42.9 Å². The number of fused-ring (bicyclic) bond motifs is 3. The minimum absolute atomic E-state index is 0.112. The molecule has 3 rings (SSSR count). The summed E-state index contributed by atoms with van der Waals surface area (Å²) in [5.74, 6) is -0.268. The Morgan fingerprint density at radius 2 is 1.95 bits per heavy atom. The fourth-order valence-corrected chi connectivity index (χ4v) is 3.26. The molecule has 0 bridgehead atoms. The first kappa shape index (κ1) is 12.6. The lowest BCUT2D eigenvalue weighted by Gasteiger charge is -2.22. The van der Waals surface area contributed by atoms with Gasteiger partial charge in [0.2, 0.25) is 0 Å². The predicted molar refractivity (Wildman–Crippen MR) is 72.8 cm³/mol. The molecule has 102 valence electrons. The van der Waals surface area contributed by atoms with E-state index in [4.69, 9.17) is 0 Å². The topological polar surface area (TPSA) is 62.5 Å². The van der Waals surface area contributed by atoms with Gasteiger partial charge in [0.25, 0.3) is 5.56 Å². The summed E-state index contributed by atoms with van der Waals surface area (Å²) in [5.41, 5.74) is 2.16. The second kappa shape index (κ2) is 4.62. The first-order valence-electron chi connectivity index (χ1n) is 6.88. The van der Waals surface area contributed by atoms with Crippen molar-refractivity contribution in [2.24, 2.45) is 13.0 Å². The van der Waals surface area contributed by atoms with E-state index >= 15 is 0 Å². The van der Waals surface area contributed by atoms with Crippen LogP contribution in [0.1, 0.15) is 30.4 Å². The van der Waals surface area contributed by atoms with Gasteiger partial charge >= 0.3 is 0 Å². The predicted octanol–water partition coefficient (Wildman–Crippen LogP) is -0.844. The zero-order valence-corrected chi connectivity index (χ0v) is 11.1. The average Bonchev–Trinajstić information content (AvgIpc) is 2.44. The van der Waals surface area contributed by atoms with Crippen LogP contribution < -0.4 is 16.1 Å². The van der Waals surface area contributed by atoms with Crippen LogP contribution in [0.4, 0.5) is 0 Å². The third-order valence-electron chi connectivity index (χ3n) is 4.34. The van der Waals surface area contributed by atoms with E-state index in [-0.39, 0.29) is 11.5 Å². The molecule has 0 saturated carbocycles. The highest BCUT2D eigenvalue weighted by molar-refractivity contribution is 5.45. The number of nitrogens with zero attached hydrogens (tertiary/aromatic N) is 1. The first-order valence-corrected chi connectivity index (χ1v) is 6.88. The van der Waals surface area contributed by atoms with Crippen molar-refractivity contribution in [1.29, 1.82) is 0 Å². The van der Waals surface area contributed by atoms with E-state index in [1.165, 1.54) is 0 Å². The number of hydrogen-bond acceptors (Lipinski definition) is 3. The molecule has 0 amide bonds. The molecule has 2 N–H and O–H groups in total. The Labute approximate surface area is 111 Å². The molecule has 1 unspecified atom stereocenters. The fraction of sp³-hybridized carbons (Fsp3) is 0.533. The van der Waals surface area contributed by atoms with E-state index in [1.807, 2.05) is 12.2 Å². The lowest BCUT2D eigenvalue weighted by Crippen LogP contribution is -2.49. The van der Waals surface area contributed by atoms with Gasteiger partial charge in [0.1, 0.15) is 0 Å². The normalized spacial score (nSPS) is 21.4. The molecular formula is C15H19NO3. The molecule has 0 spiro atoms. The van der Waals surface area contributed by atoms with Crippen molar-refractivity contribution in [3.63, 3.8) is 0 Å². The van der Waals surface area contributed by atoms with Crippen molar-refractivity contribution >= 4 is 12.2 Å². The molecule has 1 aromatic rings. The molecule has 0 aliphatic heterocycles. The number of pyridine rings is 1. The highest BCUT2D eigenvalue weighted by Gasteiger charge is 2.21. The lowest BCUT2D eigenvalue weighted by molar-refractivity contribution is -0.0643. The number of aliphatic hydroxyl groups is 2. The van der Waals surface area contributed by atoms with E-state index in [2.05, 4.69) is 0 Å². The highest BCUT2D eigenvalue weighted by atomic mass is 16.5. The summed E-state index contributed by atoms with van der Waals surface area (Å²) in [7, 11) is 1.80. The summed E-state index contributed by atoms with van der Waals surface area (Å²) in [6.45, 7) is 0. The summed E-state index contributed by atoms with van der Waals surface area (Å²) in [5, 5.41) is 20.7. The summed E-state index contributed by atoms with van der Waals surface area (Å²) in [6, 6.07) is 0. The molecule has 4 nitrogen and oxygen atoms in total. The molecule has 1 heterocycles. The molecule has 19 heavy (non-hydrogen) atoms. The Hall–Kier alpha value is -1.39. The second-order valence-electron chi connectivity index (χ2n) is 5.51. The monoisotopic (exact) mass is 261 g/mol. The van der Waals surface area contributed by atoms with Crippen LogP contribution in [0.2, 0.25) is 0 Å². The van der Waals surface area contributed by atoms with E-state index < -0.39 is 6.29 Å². The molecule has 0 radical (unpaired) electrons. The standard InChI is InChI=1S/C15H19NO3/c1-16-13-7-6-9(15(18)19)8-12(13)10-4-2-3-5-11(10)14(16)17/h7-9,15,18-19H,2-6H2,1H3. The second-order valence-corrected chi connectivity index (χ2v) is 5.51. The fourth-order valence-electron chi connectivity index (χ4n) is 3.26. The van der Waals surface area contributed by atoms with E-state index in [1.54, 1.807) is 11.6 Å². The number of aliphatic hydroxyl groups excluding tert-OH is 1. The zero-order chi connectivity index (χ0) is 13.6. The van der Waals surface area contributed by atoms with Crippen molar-refractivity contribution < 1.29 is 10.2 Å². The van der Waals surface area contributed by atoms with Crippen LogP contribution >= 0.6 is 0 Å². The molecule has 2 aliphatic rings. The molecule has 0 fully saturated rings. The van der Waals surface area contributed by atoms with Crippen LogP contribution in [0.5, 0.6) is 0 Å². The van der Waals surface area contributed by atoms with Gasteiger partial charge in [-0.3, -0.25) is 4.79 Å². The van der Waals surface area contributed by atoms with Crippen LogP contribution in [-0.2, 0) is 19.9 Å². The van der Waals surface area contributed by atoms with Crippen LogP contribution in [0.25, 0.3) is 12.2 Å². The largest absolute Gasteiger partial charge is 0.368 e. The average molecular weight is 261 g/mol. The molecule has 0 saturated heterocycles. The van der Waals surface area contributed by atoms with Crippen molar-refractivity contribution in [2.45, 2.75) is 38.4 Å². The smallest absolute Gasteiger partial charge is 0.254 e. The van der Waals surface area contributed by atoms with E-state index in [0.717, 1.165) is 47.4 Å². The maximum Gasteiger partial charge on any atom is 0.254 e. The number of aromatic nitrogens is 1. The summed E-state index contributed by atoms with van der Waals surface area (Å²) in [6.07, 6.45) is 7.06. The van der Waals surface area contributed by atoms with Gasteiger partial charge in [-0.2, -0.15) is 0 Å². The molecule has 0 aromatic carbocycles. The summed E-state index contributed by atoms with van der Waals surface area (Å²) < 4.78 is 1.70. The molecule has 1 aromatic heterocycles. The van der Waals surface area contributed by atoms with Crippen LogP contribution in [0, 0.1) is 5.92 Å². The van der Waals surface area contributed by atoms with Gasteiger partial charge in [0.15, 0.2) is 6.29 Å². The Bertz CT molecular complexity index is 685. The summed E-state index contributed by atoms with van der Waals surface area (Å²) >= 11 is 0. The quantitative estimate of drug-likeness (QED) is 0.648. The summed E-state index contributed by atoms with van der Waals surface area (Å²) in [4.78, 5) is 12.3. The van der Waals surface area contributed by atoms with Gasteiger partial charge in [-0.15, -0.1) is 0 Å². The SMILES string of the molecule is Cn1c(=O)c2c(c3c1=CCC(C(O)O)C=3)CCCC2. The lowest BCUT2D eigenvalue weighted by atomic mass is 9.88. The Kier molecular flexibility index (Phi) is 3.07. The van der Waals surface area contributed by atoms with Gasteiger partial charge < -0.3 is 14.8 Å². The maximum absolute atomic E-state index is 12.3. The van der Waals surface area contributed by atoms with Crippen molar-refractivity contribution in [1.82, 2.24) is 4.57 Å². The van der Waals surface area contributed by atoms with Crippen LogP contribution in [-0.4, -0.2) is 21.1 Å². The first-order chi connectivity index (χ1) is 9.09. The Morgan fingerprint density at radius 3 is 2.63 bits per heavy atom. The van der Waals surface area contributed by atoms with Crippen molar-refractivity contribution in [2.75, 3.05) is 0 Å². The van der Waals surface area contributed by atoms with Gasteiger partial charge in [0.05, 0.1) is 0 Å². The van der Waals surface area contributed by atoms with Gasteiger partial charge in [-0.1, -0.05) is 12.2 Å². The number of rotatable bonds is 1.